The molecule has 0 aliphatic carbocycles. The Morgan fingerprint density at radius 3 is 2.35 bits per heavy atom. The van der Waals surface area contributed by atoms with Gasteiger partial charge in [0.05, 0.1) is 0 Å². The molecule has 0 saturated heterocycles. The molecule has 23 heavy (non-hydrogen) atoms. The minimum atomic E-state index is -1.33. The summed E-state index contributed by atoms with van der Waals surface area (Å²) in [6, 6.07) is 14.2. The Morgan fingerprint density at radius 1 is 1.09 bits per heavy atom. The quantitative estimate of drug-likeness (QED) is 0.831. The largest absolute Gasteiger partial charge is 0.477 e. The van der Waals surface area contributed by atoms with Crippen molar-refractivity contribution in [2.24, 2.45) is 0 Å². The number of carboxylic acids is 1. The van der Waals surface area contributed by atoms with Crippen molar-refractivity contribution in [2.45, 2.75) is 6.61 Å². The monoisotopic (exact) mass is 315 g/mol. The molecular formula is C17H14FNO4. The van der Waals surface area contributed by atoms with Crippen LogP contribution in [0.1, 0.15) is 11.1 Å². The van der Waals surface area contributed by atoms with Gasteiger partial charge in [0.15, 0.2) is 0 Å². The standard InChI is InChI=1S/C17H14FNO4/c18-14-8-6-12(7-9-14)10-15(16(20)21)19-17(22)23-11-13-4-2-1-3-5-13/h1-10H,11H2,(H,19,22)(H,20,21)/b15-10+. The number of amides is 1. The van der Waals surface area contributed by atoms with Crippen molar-refractivity contribution in [1.29, 1.82) is 0 Å². The third-order valence-corrected chi connectivity index (χ3v) is 2.86. The summed E-state index contributed by atoms with van der Waals surface area (Å²) in [5.74, 6) is -1.76. The van der Waals surface area contributed by atoms with Gasteiger partial charge in [0.25, 0.3) is 0 Å². The highest BCUT2D eigenvalue weighted by Crippen LogP contribution is 2.08. The third-order valence-electron chi connectivity index (χ3n) is 2.86. The van der Waals surface area contributed by atoms with Crippen molar-refractivity contribution in [3.63, 3.8) is 0 Å². The second-order valence-electron chi connectivity index (χ2n) is 4.60. The zero-order valence-electron chi connectivity index (χ0n) is 12.0. The number of rotatable bonds is 5. The third kappa shape index (κ3) is 5.28. The van der Waals surface area contributed by atoms with Gasteiger partial charge in [-0.15, -0.1) is 0 Å². The molecule has 2 aromatic rings. The lowest BCUT2D eigenvalue weighted by molar-refractivity contribution is -0.132. The maximum absolute atomic E-state index is 12.8. The molecule has 6 heteroatoms. The number of halogens is 1. The highest BCUT2D eigenvalue weighted by molar-refractivity contribution is 5.95. The molecule has 2 N–H and O–H groups in total. The molecule has 5 nitrogen and oxygen atoms in total. The summed E-state index contributed by atoms with van der Waals surface area (Å²) in [4.78, 5) is 22.8. The van der Waals surface area contributed by atoms with E-state index in [9.17, 15) is 14.0 Å². The molecule has 0 saturated carbocycles. The molecule has 0 spiro atoms. The highest BCUT2D eigenvalue weighted by Gasteiger charge is 2.12. The van der Waals surface area contributed by atoms with E-state index in [2.05, 4.69) is 5.32 Å². The second kappa shape index (κ2) is 7.74. The molecule has 118 valence electrons. The van der Waals surface area contributed by atoms with E-state index in [0.29, 0.717) is 5.56 Å². The number of hydrogen-bond donors (Lipinski definition) is 2. The van der Waals surface area contributed by atoms with Crippen LogP contribution >= 0.6 is 0 Å². The van der Waals surface area contributed by atoms with Crippen LogP contribution in [-0.4, -0.2) is 17.2 Å². The molecular weight excluding hydrogens is 301 g/mol. The normalized spacial score (nSPS) is 10.9. The summed E-state index contributed by atoms with van der Waals surface area (Å²) < 4.78 is 17.8. The molecule has 0 heterocycles. The number of ether oxygens (including phenoxy) is 1. The maximum Gasteiger partial charge on any atom is 0.412 e. The van der Waals surface area contributed by atoms with Crippen LogP contribution in [0.25, 0.3) is 6.08 Å². The molecule has 0 fully saturated rings. The minimum Gasteiger partial charge on any atom is -0.477 e. The van der Waals surface area contributed by atoms with Gasteiger partial charge < -0.3 is 9.84 Å². The van der Waals surface area contributed by atoms with Crippen molar-refractivity contribution >= 4 is 18.1 Å². The van der Waals surface area contributed by atoms with Gasteiger partial charge >= 0.3 is 12.1 Å². The Labute approximate surface area is 132 Å². The van der Waals surface area contributed by atoms with Crippen molar-refractivity contribution < 1.29 is 23.8 Å². The van der Waals surface area contributed by atoms with Gasteiger partial charge in [-0.3, -0.25) is 5.32 Å². The second-order valence-corrected chi connectivity index (χ2v) is 4.60. The Morgan fingerprint density at radius 2 is 1.74 bits per heavy atom. The molecule has 0 unspecified atom stereocenters. The lowest BCUT2D eigenvalue weighted by Crippen LogP contribution is -2.27. The summed E-state index contributed by atoms with van der Waals surface area (Å²) in [5, 5.41) is 11.3. The van der Waals surface area contributed by atoms with Crippen LogP contribution in [0.2, 0.25) is 0 Å². The summed E-state index contributed by atoms with van der Waals surface area (Å²) in [6.45, 7) is 0.0239. The SMILES string of the molecule is O=C(N/C(=C/c1ccc(F)cc1)C(=O)O)OCc1ccccc1. The molecule has 2 rings (SSSR count). The van der Waals surface area contributed by atoms with Gasteiger partial charge in [0, 0.05) is 0 Å². The summed E-state index contributed by atoms with van der Waals surface area (Å²) in [7, 11) is 0. The van der Waals surface area contributed by atoms with Crippen LogP contribution < -0.4 is 5.32 Å². The van der Waals surface area contributed by atoms with Crippen molar-refractivity contribution in [1.82, 2.24) is 5.32 Å². The van der Waals surface area contributed by atoms with Gasteiger partial charge in [-0.1, -0.05) is 42.5 Å². The van der Waals surface area contributed by atoms with E-state index in [1.54, 1.807) is 24.3 Å². The smallest absolute Gasteiger partial charge is 0.412 e. The van der Waals surface area contributed by atoms with E-state index in [1.807, 2.05) is 6.07 Å². The van der Waals surface area contributed by atoms with E-state index >= 15 is 0 Å². The number of carboxylic acid groups (broad SMARTS) is 1. The van der Waals surface area contributed by atoms with E-state index in [0.717, 1.165) is 5.56 Å². The van der Waals surface area contributed by atoms with E-state index in [4.69, 9.17) is 9.84 Å². The highest BCUT2D eigenvalue weighted by atomic mass is 19.1. The number of aliphatic carboxylic acids is 1. The van der Waals surface area contributed by atoms with Crippen molar-refractivity contribution in [3.05, 3.63) is 77.2 Å². The fraction of sp³-hybridized carbons (Fsp3) is 0.0588. The molecule has 2 aromatic carbocycles. The van der Waals surface area contributed by atoms with E-state index in [-0.39, 0.29) is 12.3 Å². The maximum atomic E-state index is 12.8. The van der Waals surface area contributed by atoms with Crippen LogP contribution in [0.15, 0.2) is 60.3 Å². The number of benzene rings is 2. The summed E-state index contributed by atoms with van der Waals surface area (Å²) in [6.07, 6.45) is 0.329. The first kappa shape index (κ1) is 16.2. The molecule has 0 atom stereocenters. The first-order chi connectivity index (χ1) is 11.0. The number of nitrogens with one attached hydrogen (secondary N) is 1. The van der Waals surface area contributed by atoms with Crippen LogP contribution in [0.5, 0.6) is 0 Å². The Hall–Kier alpha value is -3.15. The zero-order chi connectivity index (χ0) is 16.7. The lowest BCUT2D eigenvalue weighted by atomic mass is 10.2. The van der Waals surface area contributed by atoms with Crippen molar-refractivity contribution in [2.75, 3.05) is 0 Å². The summed E-state index contributed by atoms with van der Waals surface area (Å²) >= 11 is 0. The molecule has 0 aliphatic heterocycles. The zero-order valence-corrected chi connectivity index (χ0v) is 12.0. The molecule has 0 bridgehead atoms. The van der Waals surface area contributed by atoms with E-state index < -0.39 is 17.9 Å². The van der Waals surface area contributed by atoms with Gasteiger partial charge in [-0.25, -0.2) is 14.0 Å². The van der Waals surface area contributed by atoms with Gasteiger partial charge in [-0.05, 0) is 29.3 Å². The van der Waals surface area contributed by atoms with Crippen LogP contribution in [0.4, 0.5) is 9.18 Å². The molecule has 0 radical (unpaired) electrons. The predicted octanol–water partition coefficient (Wildman–Crippen LogP) is 3.18. The van der Waals surface area contributed by atoms with Gasteiger partial charge in [0.1, 0.15) is 18.1 Å². The average molecular weight is 315 g/mol. The fourth-order valence-corrected chi connectivity index (χ4v) is 1.75. The fourth-order valence-electron chi connectivity index (χ4n) is 1.75. The van der Waals surface area contributed by atoms with Crippen LogP contribution in [-0.2, 0) is 16.1 Å². The molecule has 0 aliphatic rings. The molecule has 1 amide bonds. The summed E-state index contributed by atoms with van der Waals surface area (Å²) in [5.41, 5.74) is 0.851. The number of carbonyl (C=O) groups is 2. The first-order valence-corrected chi connectivity index (χ1v) is 6.73. The first-order valence-electron chi connectivity index (χ1n) is 6.73. The van der Waals surface area contributed by atoms with Gasteiger partial charge in [-0.2, -0.15) is 0 Å². The lowest BCUT2D eigenvalue weighted by Gasteiger charge is -2.08. The molecule has 0 aromatic heterocycles. The van der Waals surface area contributed by atoms with E-state index in [1.165, 1.54) is 30.3 Å². The van der Waals surface area contributed by atoms with Crippen LogP contribution in [0.3, 0.4) is 0 Å². The topological polar surface area (TPSA) is 75.6 Å². The Balaban J connectivity index is 2.00. The Kier molecular flexibility index (Phi) is 5.46. The number of hydrogen-bond acceptors (Lipinski definition) is 3. The van der Waals surface area contributed by atoms with Gasteiger partial charge in [0.2, 0.25) is 0 Å². The number of alkyl carbamates (subject to hydrolysis) is 1. The minimum absolute atomic E-state index is 0.0239. The Bertz CT molecular complexity index is 711. The number of carbonyl (C=O) groups excluding carboxylic acids is 1. The predicted molar refractivity (Wildman–Crippen MR) is 81.8 cm³/mol. The average Bonchev–Trinajstić information content (AvgIpc) is 2.55. The van der Waals surface area contributed by atoms with Crippen LogP contribution in [0, 0.1) is 5.82 Å². The van der Waals surface area contributed by atoms with Crippen molar-refractivity contribution in [3.8, 4) is 0 Å².